The van der Waals surface area contributed by atoms with E-state index in [1.807, 2.05) is 17.7 Å². The van der Waals surface area contributed by atoms with Gasteiger partial charge in [0.15, 0.2) is 11.4 Å². The second kappa shape index (κ2) is 5.43. The maximum atomic E-state index is 12.3. The lowest BCUT2D eigenvalue weighted by atomic mass is 9.95. The van der Waals surface area contributed by atoms with Crippen molar-refractivity contribution in [2.75, 3.05) is 32.0 Å². The lowest BCUT2D eigenvalue weighted by Crippen LogP contribution is -2.66. The van der Waals surface area contributed by atoms with Gasteiger partial charge in [-0.15, -0.1) is 0 Å². The molecule has 2 saturated heterocycles. The first-order valence-electron chi connectivity index (χ1n) is 7.90. The largest absolute Gasteiger partial charge is 0.437 e. The van der Waals surface area contributed by atoms with Gasteiger partial charge in [0.05, 0.1) is 19.6 Å². The molecule has 1 unspecified atom stereocenters. The zero-order valence-corrected chi connectivity index (χ0v) is 14.0. The summed E-state index contributed by atoms with van der Waals surface area (Å²) in [4.78, 5) is 26.9. The minimum Gasteiger partial charge on any atom is -0.437 e. The molecule has 2 aliphatic heterocycles. The van der Waals surface area contributed by atoms with Crippen LogP contribution in [0.15, 0.2) is 6.07 Å². The number of carbonyl (C=O) groups excluding carboxylic acids is 2. The van der Waals surface area contributed by atoms with Crippen LogP contribution in [-0.4, -0.2) is 64.0 Å². The van der Waals surface area contributed by atoms with E-state index >= 15 is 0 Å². The Morgan fingerprint density at radius 1 is 1.48 bits per heavy atom. The molecular weight excluding hydrogens is 298 g/mol. The SMILES string of the molecule is CCC(C)n1nc(NC(=O)N2CC3(CN(C)C(=O)O3)C2)cc1C. The van der Waals surface area contributed by atoms with Gasteiger partial charge in [0.25, 0.3) is 0 Å². The van der Waals surface area contributed by atoms with Crippen LogP contribution in [0, 0.1) is 6.92 Å². The molecule has 0 bridgehead atoms. The highest BCUT2D eigenvalue weighted by Gasteiger charge is 2.54. The third-order valence-electron chi connectivity index (χ3n) is 4.55. The van der Waals surface area contributed by atoms with Crippen LogP contribution in [0.2, 0.25) is 0 Å². The third kappa shape index (κ3) is 2.73. The van der Waals surface area contributed by atoms with Crippen molar-refractivity contribution < 1.29 is 14.3 Å². The second-order valence-electron chi connectivity index (χ2n) is 6.57. The summed E-state index contributed by atoms with van der Waals surface area (Å²) in [6.07, 6.45) is 0.650. The van der Waals surface area contributed by atoms with E-state index in [-0.39, 0.29) is 12.1 Å². The van der Waals surface area contributed by atoms with Gasteiger partial charge < -0.3 is 14.5 Å². The molecule has 8 heteroatoms. The van der Waals surface area contributed by atoms with Gasteiger partial charge in [0.2, 0.25) is 0 Å². The minimum absolute atomic E-state index is 0.213. The zero-order chi connectivity index (χ0) is 16.8. The van der Waals surface area contributed by atoms with Crippen molar-refractivity contribution in [1.29, 1.82) is 0 Å². The Morgan fingerprint density at radius 3 is 2.74 bits per heavy atom. The first kappa shape index (κ1) is 15.6. The van der Waals surface area contributed by atoms with Crippen LogP contribution in [0.1, 0.15) is 32.0 Å². The Morgan fingerprint density at radius 2 is 2.17 bits per heavy atom. The number of anilines is 1. The van der Waals surface area contributed by atoms with Gasteiger partial charge in [-0.1, -0.05) is 6.92 Å². The van der Waals surface area contributed by atoms with Crippen LogP contribution in [0.25, 0.3) is 0 Å². The molecule has 1 aromatic rings. The predicted molar refractivity (Wildman–Crippen MR) is 84.4 cm³/mol. The number of nitrogens with one attached hydrogen (secondary N) is 1. The topological polar surface area (TPSA) is 79.7 Å². The predicted octanol–water partition coefficient (Wildman–Crippen LogP) is 1.83. The molecule has 0 radical (unpaired) electrons. The summed E-state index contributed by atoms with van der Waals surface area (Å²) < 4.78 is 7.26. The van der Waals surface area contributed by atoms with Crippen molar-refractivity contribution >= 4 is 17.9 Å². The van der Waals surface area contributed by atoms with Crippen molar-refractivity contribution in [3.05, 3.63) is 11.8 Å². The summed E-state index contributed by atoms with van der Waals surface area (Å²) in [5, 5.41) is 7.25. The lowest BCUT2D eigenvalue weighted by molar-refractivity contribution is -0.0488. The van der Waals surface area contributed by atoms with E-state index in [9.17, 15) is 9.59 Å². The van der Waals surface area contributed by atoms with Crippen LogP contribution >= 0.6 is 0 Å². The lowest BCUT2D eigenvalue weighted by Gasteiger charge is -2.45. The molecule has 1 spiro atoms. The second-order valence-corrected chi connectivity index (χ2v) is 6.57. The molecule has 0 aromatic carbocycles. The smallest absolute Gasteiger partial charge is 0.410 e. The van der Waals surface area contributed by atoms with E-state index in [4.69, 9.17) is 4.74 Å². The van der Waals surface area contributed by atoms with E-state index < -0.39 is 5.60 Å². The Kier molecular flexibility index (Phi) is 3.69. The number of nitrogens with zero attached hydrogens (tertiary/aromatic N) is 4. The fourth-order valence-electron chi connectivity index (χ4n) is 3.11. The molecule has 3 amide bonds. The molecule has 3 rings (SSSR count). The van der Waals surface area contributed by atoms with E-state index in [2.05, 4.69) is 24.3 Å². The minimum atomic E-state index is -0.533. The van der Waals surface area contributed by atoms with Gasteiger partial charge in [0, 0.05) is 24.8 Å². The summed E-state index contributed by atoms with van der Waals surface area (Å²) >= 11 is 0. The Hall–Kier alpha value is -2.25. The fourth-order valence-corrected chi connectivity index (χ4v) is 3.11. The number of likely N-dealkylation sites (tertiary alicyclic amines) is 1. The Bertz CT molecular complexity index is 635. The van der Waals surface area contributed by atoms with Gasteiger partial charge in [-0.3, -0.25) is 10.00 Å². The first-order valence-corrected chi connectivity index (χ1v) is 7.90. The van der Waals surface area contributed by atoms with Crippen molar-refractivity contribution in [3.8, 4) is 0 Å². The maximum Gasteiger partial charge on any atom is 0.410 e. The number of aryl methyl sites for hydroxylation is 1. The average Bonchev–Trinajstić information content (AvgIpc) is 2.97. The van der Waals surface area contributed by atoms with Gasteiger partial charge >= 0.3 is 12.1 Å². The highest BCUT2D eigenvalue weighted by Crippen LogP contribution is 2.32. The number of likely N-dealkylation sites (N-methyl/N-ethyl adjacent to an activating group) is 1. The van der Waals surface area contributed by atoms with E-state index in [0.717, 1.165) is 12.1 Å². The number of urea groups is 1. The molecule has 2 aliphatic rings. The van der Waals surface area contributed by atoms with Gasteiger partial charge in [0.1, 0.15) is 0 Å². The van der Waals surface area contributed by atoms with Gasteiger partial charge in [-0.05, 0) is 20.3 Å². The maximum absolute atomic E-state index is 12.3. The Balaban J connectivity index is 1.58. The first-order chi connectivity index (χ1) is 10.8. The molecule has 0 saturated carbocycles. The normalized spacial score (nSPS) is 20.4. The monoisotopic (exact) mass is 321 g/mol. The number of hydrogen-bond acceptors (Lipinski definition) is 4. The summed E-state index contributed by atoms with van der Waals surface area (Å²) in [6.45, 7) is 7.53. The van der Waals surface area contributed by atoms with Crippen molar-refractivity contribution in [2.24, 2.45) is 0 Å². The molecule has 1 aromatic heterocycles. The Labute approximate surface area is 135 Å². The van der Waals surface area contributed by atoms with Gasteiger partial charge in [-0.2, -0.15) is 5.10 Å². The summed E-state index contributed by atoms with van der Waals surface area (Å²) in [5.41, 5.74) is 0.482. The number of rotatable bonds is 3. The fraction of sp³-hybridized carbons (Fsp3) is 0.667. The number of ether oxygens (including phenoxy) is 1. The van der Waals surface area contributed by atoms with E-state index in [1.165, 1.54) is 4.90 Å². The van der Waals surface area contributed by atoms with Crippen LogP contribution in [-0.2, 0) is 4.74 Å². The molecule has 3 heterocycles. The molecule has 0 aliphatic carbocycles. The van der Waals surface area contributed by atoms with Crippen molar-refractivity contribution in [2.45, 2.75) is 38.8 Å². The average molecular weight is 321 g/mol. The zero-order valence-electron chi connectivity index (χ0n) is 14.0. The highest BCUT2D eigenvalue weighted by molar-refractivity contribution is 5.89. The van der Waals surface area contributed by atoms with Crippen molar-refractivity contribution in [1.82, 2.24) is 19.6 Å². The number of amides is 3. The summed E-state index contributed by atoms with van der Waals surface area (Å²) in [7, 11) is 1.70. The van der Waals surface area contributed by atoms with Crippen LogP contribution in [0.4, 0.5) is 15.4 Å². The molecule has 23 heavy (non-hydrogen) atoms. The molecule has 8 nitrogen and oxygen atoms in total. The van der Waals surface area contributed by atoms with Gasteiger partial charge in [-0.25, -0.2) is 9.59 Å². The van der Waals surface area contributed by atoms with Crippen molar-refractivity contribution in [3.63, 3.8) is 0 Å². The van der Waals surface area contributed by atoms with Crippen LogP contribution in [0.3, 0.4) is 0 Å². The summed E-state index contributed by atoms with van der Waals surface area (Å²) in [5.74, 6) is 0.550. The molecule has 126 valence electrons. The third-order valence-corrected chi connectivity index (χ3v) is 4.55. The summed E-state index contributed by atoms with van der Waals surface area (Å²) in [6, 6.07) is 1.94. The molecule has 2 fully saturated rings. The van der Waals surface area contributed by atoms with Crippen LogP contribution < -0.4 is 5.32 Å². The van der Waals surface area contributed by atoms with E-state index in [1.54, 1.807) is 11.9 Å². The number of aromatic nitrogens is 2. The number of hydrogen-bond donors (Lipinski definition) is 1. The van der Waals surface area contributed by atoms with E-state index in [0.29, 0.717) is 31.5 Å². The highest BCUT2D eigenvalue weighted by atomic mass is 16.6. The van der Waals surface area contributed by atoms with Crippen LogP contribution in [0.5, 0.6) is 0 Å². The molecule has 1 atom stereocenters. The molecular formula is C15H23N5O3. The number of carbonyl (C=O) groups is 2. The quantitative estimate of drug-likeness (QED) is 0.921. The molecule has 1 N–H and O–H groups in total. The standard InChI is InChI=1S/C15H23N5O3/c1-5-10(2)20-11(3)6-12(17-20)16-13(21)19-8-15(9-19)7-18(4)14(22)23-15/h6,10H,5,7-9H2,1-4H3,(H,16,17,21).